The van der Waals surface area contributed by atoms with E-state index in [-0.39, 0.29) is 24.4 Å². The van der Waals surface area contributed by atoms with Crippen molar-refractivity contribution in [1.29, 1.82) is 0 Å². The summed E-state index contributed by atoms with van der Waals surface area (Å²) >= 11 is 0. The fraction of sp³-hybridized carbons (Fsp3) is 0.333. The van der Waals surface area contributed by atoms with Gasteiger partial charge in [-0.3, -0.25) is 9.59 Å². The zero-order valence-electron chi connectivity index (χ0n) is 14.6. The van der Waals surface area contributed by atoms with Crippen molar-refractivity contribution in [3.05, 3.63) is 71.3 Å². The number of piperidine rings is 1. The Balaban J connectivity index is 1.78. The maximum absolute atomic E-state index is 12.6. The summed E-state index contributed by atoms with van der Waals surface area (Å²) in [6.07, 6.45) is 2.44. The molecule has 1 N–H and O–H groups in total. The Morgan fingerprint density at radius 1 is 1.08 bits per heavy atom. The molecule has 4 nitrogen and oxygen atoms in total. The van der Waals surface area contributed by atoms with Crippen LogP contribution in [0.3, 0.4) is 0 Å². The van der Waals surface area contributed by atoms with Crippen molar-refractivity contribution in [2.45, 2.75) is 32.2 Å². The topological polar surface area (TPSA) is 49.4 Å². The van der Waals surface area contributed by atoms with Crippen LogP contribution in [0.1, 0.15) is 42.0 Å². The molecule has 0 bridgehead atoms. The predicted octanol–water partition coefficient (Wildman–Crippen LogP) is 3.21. The monoisotopic (exact) mass is 336 g/mol. The Morgan fingerprint density at radius 2 is 1.84 bits per heavy atom. The molecule has 2 aromatic rings. The molecule has 2 aromatic carbocycles. The summed E-state index contributed by atoms with van der Waals surface area (Å²) in [7, 11) is 0. The molecule has 1 aliphatic heterocycles. The summed E-state index contributed by atoms with van der Waals surface area (Å²) in [6, 6.07) is 17.9. The number of hydrogen-bond acceptors (Lipinski definition) is 2. The quantitative estimate of drug-likeness (QED) is 0.911. The lowest BCUT2D eigenvalue weighted by atomic mass is 9.97. The minimum Gasteiger partial charge on any atom is -0.344 e. The smallest absolute Gasteiger partial charge is 0.240 e. The van der Waals surface area contributed by atoms with Crippen LogP contribution in [0.2, 0.25) is 0 Å². The van der Waals surface area contributed by atoms with Gasteiger partial charge in [-0.25, -0.2) is 0 Å². The Bertz CT molecular complexity index is 743. The number of amides is 2. The number of nitrogens with zero attached hydrogens (tertiary/aromatic N) is 1. The van der Waals surface area contributed by atoms with Gasteiger partial charge >= 0.3 is 0 Å². The van der Waals surface area contributed by atoms with Gasteiger partial charge in [0, 0.05) is 13.0 Å². The molecular weight excluding hydrogens is 312 g/mol. The molecule has 4 heteroatoms. The largest absolute Gasteiger partial charge is 0.344 e. The van der Waals surface area contributed by atoms with Crippen LogP contribution in [-0.2, 0) is 9.59 Å². The Hall–Kier alpha value is -2.62. The van der Waals surface area contributed by atoms with E-state index in [1.807, 2.05) is 55.5 Å². The number of hydrogen-bond donors (Lipinski definition) is 1. The highest BCUT2D eigenvalue weighted by Crippen LogP contribution is 2.23. The van der Waals surface area contributed by atoms with Gasteiger partial charge in [0.25, 0.3) is 0 Å². The molecule has 0 aromatic heterocycles. The predicted molar refractivity (Wildman–Crippen MR) is 98.0 cm³/mol. The normalized spacial score (nSPS) is 15.7. The van der Waals surface area contributed by atoms with Crippen LogP contribution in [0.25, 0.3) is 0 Å². The molecule has 25 heavy (non-hydrogen) atoms. The first-order chi connectivity index (χ1) is 12.1. The number of rotatable bonds is 5. The summed E-state index contributed by atoms with van der Waals surface area (Å²) in [5.74, 6) is -0.0428. The lowest BCUT2D eigenvalue weighted by Gasteiger charge is -2.27. The van der Waals surface area contributed by atoms with Crippen LogP contribution in [-0.4, -0.2) is 29.8 Å². The molecule has 0 aliphatic carbocycles. The molecule has 1 saturated heterocycles. The lowest BCUT2D eigenvalue weighted by Crippen LogP contribution is -2.44. The summed E-state index contributed by atoms with van der Waals surface area (Å²) in [5.41, 5.74) is 3.23. The molecule has 2 amide bonds. The van der Waals surface area contributed by atoms with Gasteiger partial charge < -0.3 is 10.2 Å². The van der Waals surface area contributed by atoms with Crippen LogP contribution < -0.4 is 5.32 Å². The zero-order chi connectivity index (χ0) is 17.6. The van der Waals surface area contributed by atoms with E-state index in [4.69, 9.17) is 0 Å². The average molecular weight is 336 g/mol. The summed E-state index contributed by atoms with van der Waals surface area (Å²) in [4.78, 5) is 26.2. The van der Waals surface area contributed by atoms with E-state index >= 15 is 0 Å². The number of benzene rings is 2. The van der Waals surface area contributed by atoms with Gasteiger partial charge in [0.2, 0.25) is 11.8 Å². The van der Waals surface area contributed by atoms with Crippen molar-refractivity contribution in [2.75, 3.05) is 13.1 Å². The molecule has 1 atom stereocenters. The maximum atomic E-state index is 12.6. The van der Waals surface area contributed by atoms with Gasteiger partial charge in [0.15, 0.2) is 0 Å². The highest BCUT2D eigenvalue weighted by molar-refractivity contribution is 5.85. The van der Waals surface area contributed by atoms with Gasteiger partial charge in [0.1, 0.15) is 0 Å². The number of nitrogens with one attached hydrogen (secondary N) is 1. The van der Waals surface area contributed by atoms with Crippen LogP contribution >= 0.6 is 0 Å². The highest BCUT2D eigenvalue weighted by atomic mass is 16.2. The Kier molecular flexibility index (Phi) is 5.49. The third-order valence-corrected chi connectivity index (χ3v) is 4.57. The standard InChI is InChI=1S/C21H24N2O2/c1-16-8-7-11-18(14-16)21(17-9-3-2-4-10-17)22-19(24)15-23-13-6-5-12-20(23)25/h2-4,7-11,14,21H,5-6,12-13,15H2,1H3,(H,22,24). The molecule has 1 aliphatic rings. The first kappa shape index (κ1) is 17.2. The minimum absolute atomic E-state index is 0.0771. The molecule has 3 rings (SSSR count). The third kappa shape index (κ3) is 4.47. The first-order valence-corrected chi connectivity index (χ1v) is 8.82. The summed E-state index contributed by atoms with van der Waals surface area (Å²) in [5, 5.41) is 3.11. The highest BCUT2D eigenvalue weighted by Gasteiger charge is 2.23. The number of aryl methyl sites for hydroxylation is 1. The van der Waals surface area contributed by atoms with Crippen molar-refractivity contribution < 1.29 is 9.59 Å². The van der Waals surface area contributed by atoms with E-state index in [0.717, 1.165) is 29.5 Å². The van der Waals surface area contributed by atoms with Crippen LogP contribution in [0, 0.1) is 6.92 Å². The van der Waals surface area contributed by atoms with E-state index < -0.39 is 0 Å². The second-order valence-electron chi connectivity index (χ2n) is 6.60. The van der Waals surface area contributed by atoms with Gasteiger partial charge in [-0.05, 0) is 30.9 Å². The molecule has 1 fully saturated rings. The van der Waals surface area contributed by atoms with Crippen molar-refractivity contribution in [3.8, 4) is 0 Å². The second-order valence-corrected chi connectivity index (χ2v) is 6.60. The lowest BCUT2D eigenvalue weighted by molar-refractivity contribution is -0.137. The maximum Gasteiger partial charge on any atom is 0.240 e. The Labute approximate surface area is 148 Å². The summed E-state index contributed by atoms with van der Waals surface area (Å²) < 4.78 is 0. The van der Waals surface area contributed by atoms with Gasteiger partial charge in [-0.15, -0.1) is 0 Å². The number of carbonyl (C=O) groups is 2. The number of likely N-dealkylation sites (tertiary alicyclic amines) is 1. The van der Waals surface area contributed by atoms with Crippen LogP contribution in [0.15, 0.2) is 54.6 Å². The van der Waals surface area contributed by atoms with E-state index in [0.29, 0.717) is 13.0 Å². The second kappa shape index (κ2) is 7.97. The summed E-state index contributed by atoms with van der Waals surface area (Å²) in [6.45, 7) is 2.85. The van der Waals surface area contributed by atoms with Crippen molar-refractivity contribution in [1.82, 2.24) is 10.2 Å². The molecular formula is C21H24N2O2. The van der Waals surface area contributed by atoms with E-state index in [1.165, 1.54) is 0 Å². The Morgan fingerprint density at radius 3 is 2.56 bits per heavy atom. The molecule has 1 unspecified atom stereocenters. The van der Waals surface area contributed by atoms with Crippen LogP contribution in [0.4, 0.5) is 0 Å². The van der Waals surface area contributed by atoms with Crippen molar-refractivity contribution >= 4 is 11.8 Å². The van der Waals surface area contributed by atoms with Crippen molar-refractivity contribution in [2.24, 2.45) is 0 Å². The number of carbonyl (C=O) groups excluding carboxylic acids is 2. The average Bonchev–Trinajstić information content (AvgIpc) is 2.62. The van der Waals surface area contributed by atoms with Gasteiger partial charge in [0.05, 0.1) is 12.6 Å². The fourth-order valence-corrected chi connectivity index (χ4v) is 3.26. The molecule has 0 spiro atoms. The zero-order valence-corrected chi connectivity index (χ0v) is 14.6. The van der Waals surface area contributed by atoms with E-state index in [2.05, 4.69) is 11.4 Å². The van der Waals surface area contributed by atoms with Gasteiger partial charge in [-0.2, -0.15) is 0 Å². The molecule has 0 saturated carbocycles. The SMILES string of the molecule is Cc1cccc(C(NC(=O)CN2CCCCC2=O)c2ccccc2)c1. The first-order valence-electron chi connectivity index (χ1n) is 8.82. The fourth-order valence-electron chi connectivity index (χ4n) is 3.26. The van der Waals surface area contributed by atoms with Gasteiger partial charge in [-0.1, -0.05) is 60.2 Å². The van der Waals surface area contributed by atoms with E-state index in [9.17, 15) is 9.59 Å². The molecule has 1 heterocycles. The van der Waals surface area contributed by atoms with Crippen LogP contribution in [0.5, 0.6) is 0 Å². The van der Waals surface area contributed by atoms with E-state index in [1.54, 1.807) is 4.90 Å². The van der Waals surface area contributed by atoms with Crippen molar-refractivity contribution in [3.63, 3.8) is 0 Å². The molecule has 0 radical (unpaired) electrons. The molecule has 130 valence electrons. The third-order valence-electron chi connectivity index (χ3n) is 4.57. The minimum atomic E-state index is -0.214.